The maximum absolute atomic E-state index is 12.2. The van der Waals surface area contributed by atoms with Gasteiger partial charge in [-0.25, -0.2) is 13.1 Å². The fourth-order valence-electron chi connectivity index (χ4n) is 1.88. The van der Waals surface area contributed by atoms with Gasteiger partial charge in [-0.15, -0.1) is 0 Å². The summed E-state index contributed by atoms with van der Waals surface area (Å²) in [6.07, 6.45) is 0. The Morgan fingerprint density at radius 1 is 1.24 bits per heavy atom. The van der Waals surface area contributed by atoms with Gasteiger partial charge >= 0.3 is 0 Å². The predicted octanol–water partition coefficient (Wildman–Crippen LogP) is 2.05. The Kier molecular flexibility index (Phi) is 4.36. The van der Waals surface area contributed by atoms with Crippen molar-refractivity contribution in [2.24, 2.45) is 0 Å². The molecule has 0 radical (unpaired) electrons. The van der Waals surface area contributed by atoms with Crippen LogP contribution in [0.3, 0.4) is 0 Å². The molecule has 6 heteroatoms. The first kappa shape index (κ1) is 15.2. The number of hydrogen-bond donors (Lipinski definition) is 1. The Morgan fingerprint density at radius 2 is 2.00 bits per heavy atom. The molecule has 0 aliphatic heterocycles. The molecule has 0 saturated carbocycles. The van der Waals surface area contributed by atoms with Crippen molar-refractivity contribution in [2.75, 3.05) is 0 Å². The number of nitrogens with one attached hydrogen (secondary N) is 1. The predicted molar refractivity (Wildman–Crippen MR) is 78.9 cm³/mol. The summed E-state index contributed by atoms with van der Waals surface area (Å²) in [7, 11) is -3.62. The molecule has 21 heavy (non-hydrogen) atoms. The van der Waals surface area contributed by atoms with Crippen molar-refractivity contribution >= 4 is 10.0 Å². The molecule has 0 bridgehead atoms. The first-order valence-corrected chi connectivity index (χ1v) is 7.83. The minimum absolute atomic E-state index is 0.128. The molecule has 1 heterocycles. The van der Waals surface area contributed by atoms with E-state index in [4.69, 9.17) is 5.26 Å². The summed E-state index contributed by atoms with van der Waals surface area (Å²) >= 11 is 0. The lowest BCUT2D eigenvalue weighted by Gasteiger charge is -2.08. The zero-order valence-corrected chi connectivity index (χ0v) is 12.6. The maximum Gasteiger partial charge on any atom is 0.240 e. The van der Waals surface area contributed by atoms with Crippen LogP contribution in [0.2, 0.25) is 0 Å². The van der Waals surface area contributed by atoms with Gasteiger partial charge in [0.25, 0.3) is 0 Å². The molecular formula is C15H15N3O2S. The summed E-state index contributed by atoms with van der Waals surface area (Å²) in [5.41, 5.74) is 2.59. The molecule has 0 atom stereocenters. The highest BCUT2D eigenvalue weighted by molar-refractivity contribution is 7.89. The van der Waals surface area contributed by atoms with E-state index in [0.29, 0.717) is 16.8 Å². The number of nitriles is 1. The van der Waals surface area contributed by atoms with Gasteiger partial charge in [-0.2, -0.15) is 5.26 Å². The van der Waals surface area contributed by atoms with Crippen LogP contribution in [0.15, 0.2) is 41.3 Å². The van der Waals surface area contributed by atoms with E-state index in [-0.39, 0.29) is 11.4 Å². The third kappa shape index (κ3) is 3.66. The lowest BCUT2D eigenvalue weighted by molar-refractivity contribution is 0.580. The van der Waals surface area contributed by atoms with Gasteiger partial charge in [0.15, 0.2) is 0 Å². The van der Waals surface area contributed by atoms with Crippen LogP contribution in [-0.2, 0) is 16.6 Å². The van der Waals surface area contributed by atoms with Gasteiger partial charge in [-0.1, -0.05) is 6.07 Å². The first-order chi connectivity index (χ1) is 9.92. The Labute approximate surface area is 124 Å². The molecule has 0 fully saturated rings. The second-order valence-corrected chi connectivity index (χ2v) is 6.45. The molecule has 1 aromatic heterocycles. The first-order valence-electron chi connectivity index (χ1n) is 6.35. The Morgan fingerprint density at radius 3 is 2.62 bits per heavy atom. The molecule has 5 nitrogen and oxygen atoms in total. The van der Waals surface area contributed by atoms with Crippen LogP contribution in [0.1, 0.15) is 22.5 Å². The molecule has 0 saturated heterocycles. The average Bonchev–Trinajstić information content (AvgIpc) is 2.45. The number of nitrogens with zero attached hydrogens (tertiary/aromatic N) is 2. The fraction of sp³-hybridized carbons (Fsp3) is 0.200. The van der Waals surface area contributed by atoms with Crippen molar-refractivity contribution in [3.05, 3.63) is 58.9 Å². The third-order valence-corrected chi connectivity index (χ3v) is 4.42. The molecular weight excluding hydrogens is 286 g/mol. The summed E-state index contributed by atoms with van der Waals surface area (Å²) in [6.45, 7) is 3.69. The molecule has 2 rings (SSSR count). The highest BCUT2D eigenvalue weighted by Gasteiger charge is 2.15. The number of pyridine rings is 1. The molecule has 1 N–H and O–H groups in total. The van der Waals surface area contributed by atoms with Crippen LogP contribution < -0.4 is 4.72 Å². The summed E-state index contributed by atoms with van der Waals surface area (Å²) < 4.78 is 27.0. The van der Waals surface area contributed by atoms with E-state index in [2.05, 4.69) is 9.71 Å². The van der Waals surface area contributed by atoms with E-state index in [0.717, 1.165) is 5.69 Å². The zero-order valence-electron chi connectivity index (χ0n) is 11.8. The van der Waals surface area contributed by atoms with Gasteiger partial charge in [0.05, 0.1) is 28.8 Å². The van der Waals surface area contributed by atoms with Gasteiger partial charge in [0.1, 0.15) is 0 Å². The van der Waals surface area contributed by atoms with Gasteiger partial charge < -0.3 is 0 Å². The number of aryl methyl sites for hydroxylation is 2. The highest BCUT2D eigenvalue weighted by atomic mass is 32.2. The monoisotopic (exact) mass is 301 g/mol. The lowest BCUT2D eigenvalue weighted by atomic mass is 10.1. The van der Waals surface area contributed by atoms with E-state index < -0.39 is 10.0 Å². The van der Waals surface area contributed by atoms with Crippen molar-refractivity contribution in [1.29, 1.82) is 5.26 Å². The minimum atomic E-state index is -3.62. The van der Waals surface area contributed by atoms with Gasteiger partial charge in [0, 0.05) is 5.69 Å². The van der Waals surface area contributed by atoms with E-state index in [1.54, 1.807) is 13.0 Å². The highest BCUT2D eigenvalue weighted by Crippen LogP contribution is 2.15. The average molecular weight is 301 g/mol. The third-order valence-electron chi connectivity index (χ3n) is 3.02. The standard InChI is InChI=1S/C15H15N3O2S/c1-11-8-15(7-6-13(11)9-16)21(19,20)17-10-14-5-3-4-12(2)18-14/h3-8,17H,10H2,1-2H3. The molecule has 0 aliphatic carbocycles. The second-order valence-electron chi connectivity index (χ2n) is 4.68. The maximum atomic E-state index is 12.2. The van der Waals surface area contributed by atoms with Crippen LogP contribution >= 0.6 is 0 Å². The van der Waals surface area contributed by atoms with Crippen LogP contribution in [0.5, 0.6) is 0 Å². The molecule has 0 aliphatic rings. The van der Waals surface area contributed by atoms with E-state index in [1.807, 2.05) is 25.1 Å². The molecule has 0 spiro atoms. The Balaban J connectivity index is 2.19. The second kappa shape index (κ2) is 6.04. The van der Waals surface area contributed by atoms with Gasteiger partial charge in [0.2, 0.25) is 10.0 Å². The quantitative estimate of drug-likeness (QED) is 0.937. The molecule has 108 valence electrons. The number of sulfonamides is 1. The number of rotatable bonds is 4. The zero-order chi connectivity index (χ0) is 15.5. The van der Waals surface area contributed by atoms with E-state index in [9.17, 15) is 8.42 Å². The summed E-state index contributed by atoms with van der Waals surface area (Å²) in [5, 5.41) is 8.87. The van der Waals surface area contributed by atoms with Gasteiger partial charge in [-0.3, -0.25) is 4.98 Å². The number of aromatic nitrogens is 1. The van der Waals surface area contributed by atoms with E-state index in [1.165, 1.54) is 18.2 Å². The van der Waals surface area contributed by atoms with Crippen molar-refractivity contribution in [3.63, 3.8) is 0 Å². The SMILES string of the molecule is Cc1cccc(CNS(=O)(=O)c2ccc(C#N)c(C)c2)n1. The normalized spacial score (nSPS) is 11.1. The summed E-state index contributed by atoms with van der Waals surface area (Å²) in [4.78, 5) is 4.39. The van der Waals surface area contributed by atoms with E-state index >= 15 is 0 Å². The van der Waals surface area contributed by atoms with Crippen LogP contribution in [0.25, 0.3) is 0 Å². The Bertz CT molecular complexity index is 808. The number of benzene rings is 1. The van der Waals surface area contributed by atoms with Crippen molar-refractivity contribution in [1.82, 2.24) is 9.71 Å². The summed E-state index contributed by atoms with van der Waals surface area (Å²) in [5.74, 6) is 0. The number of hydrogen-bond acceptors (Lipinski definition) is 4. The van der Waals surface area contributed by atoms with Crippen molar-refractivity contribution in [2.45, 2.75) is 25.3 Å². The molecule has 1 aromatic carbocycles. The summed E-state index contributed by atoms with van der Waals surface area (Å²) in [6, 6.07) is 11.9. The van der Waals surface area contributed by atoms with Crippen molar-refractivity contribution in [3.8, 4) is 6.07 Å². The minimum Gasteiger partial charge on any atom is -0.257 e. The smallest absolute Gasteiger partial charge is 0.240 e. The molecule has 2 aromatic rings. The van der Waals surface area contributed by atoms with Crippen LogP contribution in [0.4, 0.5) is 0 Å². The topological polar surface area (TPSA) is 82.9 Å². The fourth-order valence-corrected chi connectivity index (χ4v) is 2.96. The van der Waals surface area contributed by atoms with Crippen molar-refractivity contribution < 1.29 is 8.42 Å². The Hall–Kier alpha value is -2.23. The van der Waals surface area contributed by atoms with Crippen LogP contribution in [0, 0.1) is 25.2 Å². The molecule has 0 unspecified atom stereocenters. The lowest BCUT2D eigenvalue weighted by Crippen LogP contribution is -2.24. The van der Waals surface area contributed by atoms with Gasteiger partial charge in [-0.05, 0) is 49.7 Å². The molecule has 0 amide bonds. The largest absolute Gasteiger partial charge is 0.257 e. The van der Waals surface area contributed by atoms with Crippen LogP contribution in [-0.4, -0.2) is 13.4 Å².